The number of halogens is 3. The Morgan fingerprint density at radius 3 is 2.50 bits per heavy atom. The number of anilines is 1. The lowest BCUT2D eigenvalue weighted by atomic mass is 10.1. The van der Waals surface area contributed by atoms with Gasteiger partial charge in [0.05, 0.1) is 16.8 Å². The van der Waals surface area contributed by atoms with Gasteiger partial charge in [-0.15, -0.1) is 0 Å². The van der Waals surface area contributed by atoms with Gasteiger partial charge in [-0.3, -0.25) is 0 Å². The number of alkyl halides is 2. The number of aromatic nitrogens is 1. The monoisotopic (exact) mass is 267 g/mol. The summed E-state index contributed by atoms with van der Waals surface area (Å²) in [6.07, 6.45) is -2.40. The largest absolute Gasteiger partial charge is 0.396 e. The average molecular weight is 268 g/mol. The predicted molar refractivity (Wildman–Crippen MR) is 51.4 cm³/mol. The van der Waals surface area contributed by atoms with E-state index in [0.717, 1.165) is 0 Å². The average Bonchev–Trinajstić information content (AvgIpc) is 2.14. The van der Waals surface area contributed by atoms with Crippen molar-refractivity contribution in [3.05, 3.63) is 17.3 Å². The molecule has 0 radical (unpaired) electrons. The van der Waals surface area contributed by atoms with E-state index in [0.29, 0.717) is 6.20 Å². The summed E-state index contributed by atoms with van der Waals surface area (Å²) in [6.45, 7) is 0. The Bertz CT molecular complexity index is 568. The van der Waals surface area contributed by atoms with Gasteiger partial charge in [-0.05, 0) is 0 Å². The number of hydrogen-bond donors (Lipinski definition) is 1. The van der Waals surface area contributed by atoms with Crippen molar-refractivity contribution in [2.24, 2.45) is 0 Å². The van der Waals surface area contributed by atoms with Crippen LogP contribution in [0, 0.1) is 11.3 Å². The van der Waals surface area contributed by atoms with Gasteiger partial charge in [0.15, 0.2) is 5.03 Å². The first kappa shape index (κ1) is 12.6. The quantitative estimate of drug-likeness (QED) is 0.817. The third-order valence-corrected chi connectivity index (χ3v) is 2.92. The molecule has 0 fully saturated rings. The molecule has 5 nitrogen and oxygen atoms in total. The molecule has 86 valence electrons. The fourth-order valence-corrected chi connectivity index (χ4v) is 1.96. The second-order valence-corrected chi connectivity index (χ2v) is 5.14. The van der Waals surface area contributed by atoms with Crippen LogP contribution in [0.5, 0.6) is 0 Å². The van der Waals surface area contributed by atoms with Crippen molar-refractivity contribution in [2.75, 3.05) is 5.73 Å². The van der Waals surface area contributed by atoms with Crippen molar-refractivity contribution in [1.29, 1.82) is 5.26 Å². The van der Waals surface area contributed by atoms with Crippen LogP contribution >= 0.6 is 10.7 Å². The van der Waals surface area contributed by atoms with Crippen LogP contribution in [-0.4, -0.2) is 13.4 Å². The van der Waals surface area contributed by atoms with E-state index in [1.165, 1.54) is 6.07 Å². The zero-order chi connectivity index (χ0) is 12.5. The van der Waals surface area contributed by atoms with Crippen molar-refractivity contribution in [1.82, 2.24) is 4.98 Å². The second kappa shape index (κ2) is 4.19. The molecule has 1 aromatic heterocycles. The van der Waals surface area contributed by atoms with Gasteiger partial charge in [0.25, 0.3) is 15.5 Å². The summed E-state index contributed by atoms with van der Waals surface area (Å²) in [6, 6.07) is 1.44. The lowest BCUT2D eigenvalue weighted by Crippen LogP contribution is -2.07. The molecular weight excluding hydrogens is 264 g/mol. The summed E-state index contributed by atoms with van der Waals surface area (Å²) in [5.74, 6) is 0. The molecule has 0 atom stereocenters. The molecule has 1 aromatic rings. The zero-order valence-electron chi connectivity index (χ0n) is 7.49. The highest BCUT2D eigenvalue weighted by Crippen LogP contribution is 2.32. The van der Waals surface area contributed by atoms with Crippen LogP contribution in [-0.2, 0) is 9.05 Å². The molecule has 9 heteroatoms. The van der Waals surface area contributed by atoms with Gasteiger partial charge in [-0.25, -0.2) is 22.2 Å². The third kappa shape index (κ3) is 2.20. The van der Waals surface area contributed by atoms with Gasteiger partial charge in [-0.1, -0.05) is 0 Å². The van der Waals surface area contributed by atoms with E-state index in [-0.39, 0.29) is 0 Å². The van der Waals surface area contributed by atoms with Crippen LogP contribution in [0.2, 0.25) is 0 Å². The van der Waals surface area contributed by atoms with Crippen LogP contribution in [0.3, 0.4) is 0 Å². The van der Waals surface area contributed by atoms with E-state index in [2.05, 4.69) is 4.98 Å². The smallest absolute Gasteiger partial charge is 0.280 e. The Kier molecular flexibility index (Phi) is 3.30. The lowest BCUT2D eigenvalue weighted by molar-refractivity contribution is 0.151. The first-order valence-corrected chi connectivity index (χ1v) is 6.01. The molecule has 0 aromatic carbocycles. The molecule has 0 aliphatic rings. The first-order chi connectivity index (χ1) is 7.29. The van der Waals surface area contributed by atoms with Crippen LogP contribution in [0.1, 0.15) is 17.6 Å². The standard InChI is InChI=1S/C7H4ClF2N3O2S/c8-16(14,15)7-5(12)4(6(9)10)3(1-11)2-13-7/h2,6H,12H2. The van der Waals surface area contributed by atoms with E-state index < -0.39 is 37.3 Å². The number of hydrogen-bond acceptors (Lipinski definition) is 5. The van der Waals surface area contributed by atoms with E-state index >= 15 is 0 Å². The molecule has 1 rings (SSSR count). The SMILES string of the molecule is N#Cc1cnc(S(=O)(=O)Cl)c(N)c1C(F)F. The molecule has 0 saturated carbocycles. The summed E-state index contributed by atoms with van der Waals surface area (Å²) >= 11 is 0. The van der Waals surface area contributed by atoms with Gasteiger partial charge >= 0.3 is 0 Å². The first-order valence-electron chi connectivity index (χ1n) is 3.70. The van der Waals surface area contributed by atoms with Gasteiger partial charge in [0.1, 0.15) is 6.07 Å². The van der Waals surface area contributed by atoms with Crippen molar-refractivity contribution in [3.8, 4) is 6.07 Å². The minimum atomic E-state index is -4.32. The van der Waals surface area contributed by atoms with Gasteiger partial charge in [0, 0.05) is 16.9 Å². The Morgan fingerprint density at radius 1 is 1.56 bits per heavy atom. The summed E-state index contributed by atoms with van der Waals surface area (Å²) in [7, 11) is 0.617. The van der Waals surface area contributed by atoms with Gasteiger partial charge < -0.3 is 5.73 Å². The number of pyridine rings is 1. The van der Waals surface area contributed by atoms with Crippen molar-refractivity contribution in [2.45, 2.75) is 11.5 Å². The third-order valence-electron chi connectivity index (χ3n) is 1.69. The van der Waals surface area contributed by atoms with Gasteiger partial charge in [0.2, 0.25) is 0 Å². The summed E-state index contributed by atoms with van der Waals surface area (Å²) in [5, 5.41) is 7.65. The molecule has 0 aliphatic carbocycles. The van der Waals surface area contributed by atoms with Crippen LogP contribution in [0.4, 0.5) is 14.5 Å². The summed E-state index contributed by atoms with van der Waals surface area (Å²) < 4.78 is 46.9. The molecule has 1 heterocycles. The Labute approximate surface area is 93.9 Å². The van der Waals surface area contributed by atoms with E-state index in [4.69, 9.17) is 21.7 Å². The fourth-order valence-electron chi connectivity index (χ4n) is 1.04. The highest BCUT2D eigenvalue weighted by Gasteiger charge is 2.25. The molecule has 0 unspecified atom stereocenters. The normalized spacial score (nSPS) is 11.4. The predicted octanol–water partition coefficient (Wildman–Crippen LogP) is 1.40. The summed E-state index contributed by atoms with van der Waals surface area (Å²) in [4.78, 5) is 3.26. The molecular formula is C7H4ClF2N3O2S. The highest BCUT2D eigenvalue weighted by atomic mass is 35.7. The second-order valence-electron chi connectivity index (χ2n) is 2.65. The molecule has 16 heavy (non-hydrogen) atoms. The Morgan fingerprint density at radius 2 is 2.12 bits per heavy atom. The molecule has 0 saturated heterocycles. The van der Waals surface area contributed by atoms with E-state index in [1.54, 1.807) is 0 Å². The maximum atomic E-state index is 12.5. The topological polar surface area (TPSA) is 96.8 Å². The fraction of sp³-hybridized carbons (Fsp3) is 0.143. The maximum absolute atomic E-state index is 12.5. The Hall–Kier alpha value is -1.46. The molecule has 2 N–H and O–H groups in total. The maximum Gasteiger partial charge on any atom is 0.280 e. The molecule has 0 aliphatic heterocycles. The van der Waals surface area contributed by atoms with Crippen molar-refractivity contribution < 1.29 is 17.2 Å². The van der Waals surface area contributed by atoms with Crippen LogP contribution in [0.25, 0.3) is 0 Å². The lowest BCUT2D eigenvalue weighted by Gasteiger charge is -2.08. The van der Waals surface area contributed by atoms with Crippen molar-refractivity contribution in [3.63, 3.8) is 0 Å². The number of nitriles is 1. The minimum absolute atomic E-state index is 0.489. The number of nitrogens with two attached hydrogens (primary N) is 1. The molecule has 0 spiro atoms. The highest BCUT2D eigenvalue weighted by molar-refractivity contribution is 8.13. The summed E-state index contributed by atoms with van der Waals surface area (Å²) in [5.41, 5.74) is 3.02. The van der Waals surface area contributed by atoms with Crippen molar-refractivity contribution >= 4 is 25.4 Å². The van der Waals surface area contributed by atoms with Crippen LogP contribution in [0.15, 0.2) is 11.2 Å². The van der Waals surface area contributed by atoms with E-state index in [9.17, 15) is 17.2 Å². The zero-order valence-corrected chi connectivity index (χ0v) is 9.06. The number of nitrogen functional groups attached to an aromatic ring is 1. The van der Waals surface area contributed by atoms with Gasteiger partial charge in [-0.2, -0.15) is 5.26 Å². The number of rotatable bonds is 2. The number of nitrogens with zero attached hydrogens (tertiary/aromatic N) is 2. The minimum Gasteiger partial charge on any atom is -0.396 e. The molecule has 0 bridgehead atoms. The van der Waals surface area contributed by atoms with E-state index in [1.807, 2.05) is 0 Å². The molecule has 0 amide bonds. The Balaban J connectivity index is 3.65. The van der Waals surface area contributed by atoms with Crippen LogP contribution < -0.4 is 5.73 Å².